The lowest BCUT2D eigenvalue weighted by atomic mass is 10.1. The predicted octanol–water partition coefficient (Wildman–Crippen LogP) is 1.32. The summed E-state index contributed by atoms with van der Waals surface area (Å²) in [4.78, 5) is 10.9. The number of carbonyl (C=O) groups is 1. The lowest BCUT2D eigenvalue weighted by Gasteiger charge is -2.06. The van der Waals surface area contributed by atoms with E-state index in [2.05, 4.69) is 9.47 Å². The summed E-state index contributed by atoms with van der Waals surface area (Å²) < 4.78 is 32.7. The van der Waals surface area contributed by atoms with E-state index >= 15 is 0 Å². The zero-order valence-electron chi connectivity index (χ0n) is 5.84. The third kappa shape index (κ3) is 0.975. The van der Waals surface area contributed by atoms with Gasteiger partial charge in [-0.15, -0.1) is 8.78 Å². The van der Waals surface area contributed by atoms with Crippen molar-refractivity contribution >= 4 is 5.78 Å². The van der Waals surface area contributed by atoms with Gasteiger partial charge in [-0.2, -0.15) is 0 Å². The molecule has 3 nitrogen and oxygen atoms in total. The van der Waals surface area contributed by atoms with Crippen molar-refractivity contribution in [2.24, 2.45) is 0 Å². The van der Waals surface area contributed by atoms with E-state index in [4.69, 9.17) is 0 Å². The van der Waals surface area contributed by atoms with Crippen LogP contribution in [0, 0.1) is 0 Å². The van der Waals surface area contributed by atoms with Crippen LogP contribution >= 0.6 is 0 Å². The summed E-state index contributed by atoms with van der Waals surface area (Å²) in [7, 11) is 0. The number of hydrogen-bond donors (Lipinski definition) is 0. The van der Waals surface area contributed by atoms with Gasteiger partial charge < -0.3 is 9.47 Å². The van der Waals surface area contributed by atoms with E-state index in [0.717, 1.165) is 0 Å². The number of rotatable bonds is 0. The quantitative estimate of drug-likeness (QED) is 0.555. The minimum Gasteiger partial charge on any atom is -0.395 e. The highest BCUT2D eigenvalue weighted by molar-refractivity contribution is 5.96. The number of hydrogen-bond acceptors (Lipinski definition) is 3. The molecule has 5 heteroatoms. The van der Waals surface area contributed by atoms with Crippen LogP contribution in [0.3, 0.4) is 0 Å². The van der Waals surface area contributed by atoms with Crippen molar-refractivity contribution in [3.05, 3.63) is 23.7 Å². The molecule has 1 aliphatic carbocycles. The zero-order valence-corrected chi connectivity index (χ0v) is 5.84. The van der Waals surface area contributed by atoms with E-state index in [-0.39, 0.29) is 17.9 Å². The van der Waals surface area contributed by atoms with Gasteiger partial charge in [0.05, 0.1) is 0 Å². The third-order valence-electron chi connectivity index (χ3n) is 1.50. The first kappa shape index (κ1) is 7.27. The van der Waals surface area contributed by atoms with E-state index in [0.29, 0.717) is 0 Å². The molecule has 64 valence electrons. The highest BCUT2D eigenvalue weighted by Crippen LogP contribution is 2.36. The van der Waals surface area contributed by atoms with Crippen LogP contribution in [0.15, 0.2) is 23.7 Å². The molecule has 0 fully saturated rings. The molecule has 0 aromatic heterocycles. The smallest absolute Gasteiger partial charge is 0.395 e. The number of halogens is 2. The highest BCUT2D eigenvalue weighted by atomic mass is 19.3. The van der Waals surface area contributed by atoms with Crippen molar-refractivity contribution in [2.75, 3.05) is 0 Å². The summed E-state index contributed by atoms with van der Waals surface area (Å²) in [5, 5.41) is 0. The molecule has 0 saturated carbocycles. The number of ether oxygens (including phenoxy) is 2. The van der Waals surface area contributed by atoms with Gasteiger partial charge in [-0.25, -0.2) is 0 Å². The van der Waals surface area contributed by atoms with E-state index < -0.39 is 12.1 Å². The van der Waals surface area contributed by atoms with Gasteiger partial charge in [-0.3, -0.25) is 4.79 Å². The maximum atomic E-state index is 12.3. The standard InChI is InChI=1S/C7H4F2O3/c8-7(9)11-5-3-1-2-4(10)6(5)12-7/h1,3H,2H2. The summed E-state index contributed by atoms with van der Waals surface area (Å²) >= 11 is 0. The minimum atomic E-state index is -3.69. The molecule has 0 bridgehead atoms. The second kappa shape index (κ2) is 2.06. The van der Waals surface area contributed by atoms with Crippen LogP contribution < -0.4 is 0 Å². The fraction of sp³-hybridized carbons (Fsp3) is 0.286. The van der Waals surface area contributed by atoms with Crippen LogP contribution in [-0.4, -0.2) is 12.1 Å². The molecule has 0 amide bonds. The fourth-order valence-corrected chi connectivity index (χ4v) is 1.03. The molecule has 1 heterocycles. The summed E-state index contributed by atoms with van der Waals surface area (Å²) in [5.74, 6) is -1.04. The van der Waals surface area contributed by atoms with Crippen LogP contribution in [0.5, 0.6) is 0 Å². The Morgan fingerprint density at radius 3 is 2.83 bits per heavy atom. The van der Waals surface area contributed by atoms with E-state index in [1.165, 1.54) is 12.2 Å². The molecule has 0 saturated heterocycles. The molecule has 0 spiro atoms. The second-order valence-electron chi connectivity index (χ2n) is 2.39. The van der Waals surface area contributed by atoms with Crippen LogP contribution in [0.2, 0.25) is 0 Å². The molecular weight excluding hydrogens is 170 g/mol. The van der Waals surface area contributed by atoms with Gasteiger partial charge in [0, 0.05) is 6.42 Å². The van der Waals surface area contributed by atoms with Crippen molar-refractivity contribution in [3.63, 3.8) is 0 Å². The predicted molar refractivity (Wildman–Crippen MR) is 32.9 cm³/mol. The van der Waals surface area contributed by atoms with Crippen LogP contribution in [0.4, 0.5) is 8.78 Å². The Hall–Kier alpha value is -1.39. The maximum absolute atomic E-state index is 12.3. The summed E-state index contributed by atoms with van der Waals surface area (Å²) in [6.45, 7) is 0. The molecule has 0 atom stereocenters. The SMILES string of the molecule is O=C1CC=CC2=C1OC(F)(F)O2. The number of allylic oxidation sites excluding steroid dienone is 3. The first-order valence-corrected chi connectivity index (χ1v) is 3.28. The van der Waals surface area contributed by atoms with Crippen molar-refractivity contribution in [1.82, 2.24) is 0 Å². The largest absolute Gasteiger partial charge is 0.586 e. The van der Waals surface area contributed by atoms with Gasteiger partial charge in [0.1, 0.15) is 0 Å². The number of alkyl halides is 2. The Bertz CT molecular complexity index is 304. The average Bonchev–Trinajstić information content (AvgIpc) is 2.25. The van der Waals surface area contributed by atoms with Crippen molar-refractivity contribution in [3.8, 4) is 0 Å². The molecule has 0 aromatic carbocycles. The maximum Gasteiger partial charge on any atom is 0.586 e. The van der Waals surface area contributed by atoms with Crippen molar-refractivity contribution in [2.45, 2.75) is 12.7 Å². The minimum absolute atomic E-state index is 0.0816. The van der Waals surface area contributed by atoms with Crippen molar-refractivity contribution < 1.29 is 23.0 Å². The zero-order chi connectivity index (χ0) is 8.77. The van der Waals surface area contributed by atoms with Gasteiger partial charge >= 0.3 is 6.29 Å². The molecule has 0 aromatic rings. The van der Waals surface area contributed by atoms with Gasteiger partial charge in [0.15, 0.2) is 5.76 Å². The highest BCUT2D eigenvalue weighted by Gasteiger charge is 2.46. The summed E-state index contributed by atoms with van der Waals surface area (Å²) in [6.07, 6.45) is -0.850. The Labute approximate surface area is 66.3 Å². The molecule has 0 radical (unpaired) electrons. The van der Waals surface area contributed by atoms with Crippen molar-refractivity contribution in [1.29, 1.82) is 0 Å². The monoisotopic (exact) mass is 174 g/mol. The number of carbonyl (C=O) groups excluding carboxylic acids is 1. The van der Waals surface area contributed by atoms with E-state index in [1.54, 1.807) is 0 Å². The van der Waals surface area contributed by atoms with Crippen LogP contribution in [0.25, 0.3) is 0 Å². The Morgan fingerprint density at radius 1 is 1.42 bits per heavy atom. The first-order chi connectivity index (χ1) is 5.58. The third-order valence-corrected chi connectivity index (χ3v) is 1.50. The lowest BCUT2D eigenvalue weighted by molar-refractivity contribution is -0.335. The van der Waals surface area contributed by atoms with Crippen LogP contribution in [-0.2, 0) is 14.3 Å². The molecule has 1 aliphatic heterocycles. The molecule has 0 N–H and O–H groups in total. The lowest BCUT2D eigenvalue weighted by Crippen LogP contribution is -2.17. The van der Waals surface area contributed by atoms with Gasteiger partial charge in [0.2, 0.25) is 11.5 Å². The van der Waals surface area contributed by atoms with E-state index in [1.807, 2.05) is 0 Å². The Balaban J connectivity index is 2.33. The number of ketones is 1. The first-order valence-electron chi connectivity index (χ1n) is 3.28. The fourth-order valence-electron chi connectivity index (χ4n) is 1.03. The van der Waals surface area contributed by atoms with Gasteiger partial charge in [-0.05, 0) is 6.08 Å². The van der Waals surface area contributed by atoms with E-state index in [9.17, 15) is 13.6 Å². The summed E-state index contributed by atoms with van der Waals surface area (Å²) in [6, 6.07) is 0. The number of Topliss-reactive ketones (excluding diaryl/α,β-unsaturated/α-hetero) is 1. The average molecular weight is 174 g/mol. The van der Waals surface area contributed by atoms with Gasteiger partial charge in [-0.1, -0.05) is 6.08 Å². The molecule has 12 heavy (non-hydrogen) atoms. The molecule has 2 rings (SSSR count). The summed E-state index contributed by atoms with van der Waals surface area (Å²) in [5.41, 5.74) is 0. The normalized spacial score (nSPS) is 25.0. The van der Waals surface area contributed by atoms with Gasteiger partial charge in [0.25, 0.3) is 0 Å². The Kier molecular flexibility index (Phi) is 1.25. The molecule has 0 unspecified atom stereocenters. The second-order valence-corrected chi connectivity index (χ2v) is 2.39. The topological polar surface area (TPSA) is 35.5 Å². The molecule has 2 aliphatic rings. The Morgan fingerprint density at radius 2 is 2.17 bits per heavy atom. The van der Waals surface area contributed by atoms with Crippen LogP contribution in [0.1, 0.15) is 6.42 Å². The molecular formula is C7H4F2O3.